The molecule has 1 saturated heterocycles. The number of benzene rings is 1. The fraction of sp³-hybridized carbons (Fsp3) is 0.400. The van der Waals surface area contributed by atoms with Crippen LogP contribution < -0.4 is 15.3 Å². The van der Waals surface area contributed by atoms with Crippen LogP contribution in [-0.4, -0.2) is 99.5 Å². The van der Waals surface area contributed by atoms with Crippen LogP contribution in [0.5, 0.6) is 5.75 Å². The van der Waals surface area contributed by atoms with Crippen LogP contribution in [0, 0.1) is 0 Å². The molecular formula is C20H23BN4O10. The van der Waals surface area contributed by atoms with Crippen molar-refractivity contribution in [3.05, 3.63) is 29.3 Å². The molecular weight excluding hydrogens is 467 g/mol. The number of imide groups is 1. The molecule has 2 aliphatic rings. The molecule has 1 aromatic carbocycles. The van der Waals surface area contributed by atoms with E-state index in [-0.39, 0.29) is 37.4 Å². The fourth-order valence-corrected chi connectivity index (χ4v) is 3.78. The van der Waals surface area contributed by atoms with Gasteiger partial charge in [0.2, 0.25) is 5.91 Å². The summed E-state index contributed by atoms with van der Waals surface area (Å²) in [5.74, 6) is -6.83. The number of carboxylic acid groups (broad SMARTS) is 2. The summed E-state index contributed by atoms with van der Waals surface area (Å²) in [7, 11) is -1.66. The summed E-state index contributed by atoms with van der Waals surface area (Å²) < 4.78 is 5.28. The Kier molecular flexibility index (Phi) is 7.59. The number of amides is 5. The van der Waals surface area contributed by atoms with E-state index in [1.807, 2.05) is 0 Å². The van der Waals surface area contributed by atoms with Crippen molar-refractivity contribution in [3.63, 3.8) is 0 Å². The van der Waals surface area contributed by atoms with E-state index in [9.17, 15) is 44.0 Å². The predicted molar refractivity (Wildman–Crippen MR) is 116 cm³/mol. The second-order valence-corrected chi connectivity index (χ2v) is 7.87. The number of hydrogen-bond acceptors (Lipinski definition) is 8. The van der Waals surface area contributed by atoms with E-state index in [2.05, 4.69) is 10.6 Å². The lowest BCUT2D eigenvalue weighted by molar-refractivity contribution is -0.153. The quantitative estimate of drug-likeness (QED) is 0.212. The van der Waals surface area contributed by atoms with Crippen molar-refractivity contribution >= 4 is 42.8 Å². The molecule has 2 unspecified atom stereocenters. The third-order valence-corrected chi connectivity index (χ3v) is 5.61. The molecule has 15 heteroatoms. The van der Waals surface area contributed by atoms with Crippen LogP contribution in [0.4, 0.5) is 4.79 Å². The van der Waals surface area contributed by atoms with E-state index in [1.165, 1.54) is 17.0 Å². The zero-order valence-electron chi connectivity index (χ0n) is 18.6. The summed E-state index contributed by atoms with van der Waals surface area (Å²) in [6.45, 7) is 1.89. The number of carbonyl (C=O) groups excluding carboxylic acids is 4. The lowest BCUT2D eigenvalue weighted by Crippen LogP contribution is -2.62. The van der Waals surface area contributed by atoms with Crippen LogP contribution >= 0.6 is 0 Å². The first kappa shape index (κ1) is 25.5. The molecule has 0 aromatic heterocycles. The molecule has 186 valence electrons. The first-order valence-corrected chi connectivity index (χ1v) is 10.7. The molecule has 35 heavy (non-hydrogen) atoms. The Balaban J connectivity index is 1.71. The molecule has 2 aliphatic heterocycles. The van der Waals surface area contributed by atoms with Crippen molar-refractivity contribution in [3.8, 4) is 5.75 Å². The molecule has 5 N–H and O–H groups in total. The van der Waals surface area contributed by atoms with E-state index in [1.54, 1.807) is 13.0 Å². The average Bonchev–Trinajstić information content (AvgIpc) is 2.79. The van der Waals surface area contributed by atoms with Crippen molar-refractivity contribution < 1.29 is 48.7 Å². The van der Waals surface area contributed by atoms with Gasteiger partial charge in [-0.2, -0.15) is 0 Å². The first-order chi connectivity index (χ1) is 16.5. The van der Waals surface area contributed by atoms with Crippen molar-refractivity contribution in [2.75, 3.05) is 19.6 Å². The Morgan fingerprint density at radius 2 is 1.89 bits per heavy atom. The Hall–Kier alpha value is -4.14. The molecule has 0 spiro atoms. The van der Waals surface area contributed by atoms with Gasteiger partial charge in [0.05, 0.1) is 17.9 Å². The SMILES string of the molecule is CCN1CCN(C(=O)NC(CC(=O)O)C(=O)NC2Cc3cccc(C(=O)O)c3OB2O)C(=O)C1=O. The summed E-state index contributed by atoms with van der Waals surface area (Å²) in [4.78, 5) is 74.2. The van der Waals surface area contributed by atoms with E-state index in [0.717, 1.165) is 0 Å². The van der Waals surface area contributed by atoms with Crippen LogP contribution in [0.3, 0.4) is 0 Å². The highest BCUT2D eigenvalue weighted by Crippen LogP contribution is 2.30. The van der Waals surface area contributed by atoms with Gasteiger partial charge in [-0.3, -0.25) is 24.1 Å². The van der Waals surface area contributed by atoms with Gasteiger partial charge in [-0.1, -0.05) is 12.1 Å². The topological polar surface area (TPSA) is 203 Å². The molecule has 0 aliphatic carbocycles. The number of carbonyl (C=O) groups is 6. The zero-order chi connectivity index (χ0) is 25.9. The highest BCUT2D eigenvalue weighted by atomic mass is 16.5. The maximum atomic E-state index is 12.8. The summed E-state index contributed by atoms with van der Waals surface area (Å²) in [6.07, 6.45) is -0.888. The van der Waals surface area contributed by atoms with Gasteiger partial charge in [-0.15, -0.1) is 0 Å². The fourth-order valence-electron chi connectivity index (χ4n) is 3.78. The van der Waals surface area contributed by atoms with Crippen molar-refractivity contribution in [1.29, 1.82) is 0 Å². The van der Waals surface area contributed by atoms with Crippen LogP contribution in [0.2, 0.25) is 0 Å². The Morgan fingerprint density at radius 1 is 1.17 bits per heavy atom. The van der Waals surface area contributed by atoms with Crippen LogP contribution in [-0.2, 0) is 25.6 Å². The molecule has 1 aromatic rings. The minimum atomic E-state index is -1.66. The summed E-state index contributed by atoms with van der Waals surface area (Å²) in [5, 5.41) is 33.3. The number of hydrogen-bond donors (Lipinski definition) is 5. The molecule has 14 nitrogen and oxygen atoms in total. The normalized spacial score (nSPS) is 18.3. The molecule has 5 amide bonds. The summed E-state index contributed by atoms with van der Waals surface area (Å²) >= 11 is 0. The molecule has 2 atom stereocenters. The van der Waals surface area contributed by atoms with Crippen LogP contribution in [0.25, 0.3) is 0 Å². The van der Waals surface area contributed by atoms with Gasteiger partial charge < -0.3 is 35.4 Å². The van der Waals surface area contributed by atoms with Crippen LogP contribution in [0.15, 0.2) is 18.2 Å². The van der Waals surface area contributed by atoms with Gasteiger partial charge in [0.15, 0.2) is 0 Å². The van der Waals surface area contributed by atoms with E-state index >= 15 is 0 Å². The van der Waals surface area contributed by atoms with Crippen molar-refractivity contribution in [1.82, 2.24) is 20.4 Å². The number of aromatic carboxylic acids is 1. The monoisotopic (exact) mass is 490 g/mol. The minimum Gasteiger partial charge on any atom is -0.534 e. The molecule has 3 rings (SSSR count). The number of para-hydroxylation sites is 1. The van der Waals surface area contributed by atoms with Crippen LogP contribution in [0.1, 0.15) is 29.3 Å². The van der Waals surface area contributed by atoms with E-state index in [4.69, 9.17) is 4.65 Å². The van der Waals surface area contributed by atoms with E-state index < -0.39 is 61.2 Å². The molecule has 0 bridgehead atoms. The number of nitrogens with one attached hydrogen (secondary N) is 2. The minimum absolute atomic E-state index is 0.0386. The Labute approximate surface area is 199 Å². The van der Waals surface area contributed by atoms with Gasteiger partial charge in [0, 0.05) is 19.6 Å². The second kappa shape index (κ2) is 10.4. The number of aliphatic carboxylic acids is 1. The number of rotatable bonds is 7. The highest BCUT2D eigenvalue weighted by Gasteiger charge is 2.40. The first-order valence-electron chi connectivity index (χ1n) is 10.7. The zero-order valence-corrected chi connectivity index (χ0v) is 18.6. The third kappa shape index (κ3) is 5.51. The summed E-state index contributed by atoms with van der Waals surface area (Å²) in [6, 6.07) is 1.54. The number of carboxylic acids is 2. The van der Waals surface area contributed by atoms with Crippen molar-refractivity contribution in [2.45, 2.75) is 31.7 Å². The lowest BCUT2D eigenvalue weighted by Gasteiger charge is -2.33. The standard InChI is InChI=1S/C20H23BN4O10/c1-2-24-6-7-25(18(30)17(24)29)20(33)22-12(9-14(26)27)16(28)23-13-8-10-4-3-5-11(19(31)32)15(10)35-21(13)34/h3-5,12-13,34H,2,6-9H2,1H3,(H,22,33)(H,23,28)(H,26,27)(H,31,32). The average molecular weight is 490 g/mol. The number of likely N-dealkylation sites (N-methyl/N-ethyl adjacent to an activating group) is 1. The maximum Gasteiger partial charge on any atom is 0.547 e. The Bertz CT molecular complexity index is 1080. The van der Waals surface area contributed by atoms with Gasteiger partial charge in [0.1, 0.15) is 11.8 Å². The molecule has 2 heterocycles. The molecule has 1 fully saturated rings. The Morgan fingerprint density at radius 3 is 2.51 bits per heavy atom. The largest absolute Gasteiger partial charge is 0.547 e. The molecule has 0 saturated carbocycles. The van der Waals surface area contributed by atoms with Gasteiger partial charge in [-0.05, 0) is 25.0 Å². The maximum absolute atomic E-state index is 12.8. The van der Waals surface area contributed by atoms with E-state index in [0.29, 0.717) is 10.5 Å². The lowest BCUT2D eigenvalue weighted by atomic mass is 9.72. The van der Waals surface area contributed by atoms with Gasteiger partial charge in [-0.25, -0.2) is 9.59 Å². The predicted octanol–water partition coefficient (Wildman–Crippen LogP) is -1.93. The van der Waals surface area contributed by atoms with Crippen molar-refractivity contribution in [2.24, 2.45) is 0 Å². The van der Waals surface area contributed by atoms with Gasteiger partial charge >= 0.3 is 36.9 Å². The number of piperazine rings is 1. The van der Waals surface area contributed by atoms with Gasteiger partial charge in [0.25, 0.3) is 0 Å². The third-order valence-electron chi connectivity index (χ3n) is 5.61. The number of nitrogens with zero attached hydrogens (tertiary/aromatic N) is 2. The highest BCUT2D eigenvalue weighted by molar-refractivity contribution is 6.47. The number of urea groups is 1. The molecule has 0 radical (unpaired) electrons. The second-order valence-electron chi connectivity index (χ2n) is 7.87. The number of fused-ring (bicyclic) bond motifs is 1. The smallest absolute Gasteiger partial charge is 0.534 e. The summed E-state index contributed by atoms with van der Waals surface area (Å²) in [5.41, 5.74) is 0.210.